The maximum Gasteiger partial charge on any atom is 0.279 e. The Morgan fingerprint density at radius 3 is 2.52 bits per heavy atom. The highest BCUT2D eigenvalue weighted by Crippen LogP contribution is 2.13. The van der Waals surface area contributed by atoms with E-state index in [2.05, 4.69) is 4.99 Å². The molecule has 2 heterocycles. The maximum atomic E-state index is 12.8. The number of carbonyl (C=O) groups excluding carboxylic acids is 2. The molecule has 1 aromatic heterocycles. The number of rotatable bonds is 4. The third-order valence-electron chi connectivity index (χ3n) is 5.30. The van der Waals surface area contributed by atoms with Crippen LogP contribution in [0.25, 0.3) is 0 Å². The Labute approximate surface area is 185 Å². The van der Waals surface area contributed by atoms with Crippen LogP contribution in [0, 0.1) is 13.8 Å². The smallest absolute Gasteiger partial charge is 0.279 e. The van der Waals surface area contributed by atoms with Gasteiger partial charge in [-0.05, 0) is 43.7 Å². The number of benzene rings is 2. The number of thiazole rings is 1. The molecule has 160 valence electrons. The van der Waals surface area contributed by atoms with E-state index in [0.29, 0.717) is 48.8 Å². The molecule has 0 bridgehead atoms. The van der Waals surface area contributed by atoms with Crippen molar-refractivity contribution in [3.8, 4) is 0 Å². The molecule has 1 aliphatic rings. The SMILES string of the molecule is Cc1ccc(C(=O)N=c2scc(C)n2Cc2cccc(C(=O)N3CCOCC3)c2)cc1. The molecule has 0 saturated carbocycles. The lowest BCUT2D eigenvalue weighted by atomic mass is 10.1. The van der Waals surface area contributed by atoms with Gasteiger partial charge >= 0.3 is 0 Å². The summed E-state index contributed by atoms with van der Waals surface area (Å²) in [6.45, 7) is 6.91. The van der Waals surface area contributed by atoms with E-state index >= 15 is 0 Å². The number of amides is 2. The molecule has 31 heavy (non-hydrogen) atoms. The summed E-state index contributed by atoms with van der Waals surface area (Å²) in [5, 5.41) is 1.99. The van der Waals surface area contributed by atoms with E-state index in [0.717, 1.165) is 16.8 Å². The lowest BCUT2D eigenvalue weighted by Crippen LogP contribution is -2.40. The van der Waals surface area contributed by atoms with Crippen LogP contribution < -0.4 is 4.80 Å². The third-order valence-corrected chi connectivity index (χ3v) is 6.28. The fourth-order valence-electron chi connectivity index (χ4n) is 3.48. The fraction of sp³-hybridized carbons (Fsp3) is 0.292. The van der Waals surface area contributed by atoms with E-state index in [4.69, 9.17) is 4.74 Å². The summed E-state index contributed by atoms with van der Waals surface area (Å²) in [6, 6.07) is 15.1. The molecule has 1 aliphatic heterocycles. The van der Waals surface area contributed by atoms with Crippen LogP contribution in [-0.2, 0) is 11.3 Å². The molecule has 2 amide bonds. The number of hydrogen-bond acceptors (Lipinski definition) is 4. The average molecular weight is 436 g/mol. The topological polar surface area (TPSA) is 63.9 Å². The molecule has 3 aromatic rings. The lowest BCUT2D eigenvalue weighted by Gasteiger charge is -2.27. The molecule has 0 spiro atoms. The van der Waals surface area contributed by atoms with Crippen molar-refractivity contribution < 1.29 is 14.3 Å². The van der Waals surface area contributed by atoms with Gasteiger partial charge in [-0.2, -0.15) is 4.99 Å². The number of carbonyl (C=O) groups is 2. The number of aryl methyl sites for hydroxylation is 2. The number of morpholine rings is 1. The van der Waals surface area contributed by atoms with Gasteiger partial charge in [0.25, 0.3) is 11.8 Å². The van der Waals surface area contributed by atoms with Crippen molar-refractivity contribution in [1.29, 1.82) is 0 Å². The van der Waals surface area contributed by atoms with Crippen molar-refractivity contribution in [2.45, 2.75) is 20.4 Å². The molecule has 1 fully saturated rings. The Morgan fingerprint density at radius 1 is 1.03 bits per heavy atom. The van der Waals surface area contributed by atoms with Gasteiger partial charge in [-0.25, -0.2) is 0 Å². The first kappa shape index (κ1) is 21.2. The second-order valence-corrected chi connectivity index (χ2v) is 8.47. The number of ether oxygens (including phenoxy) is 1. The zero-order chi connectivity index (χ0) is 21.8. The fourth-order valence-corrected chi connectivity index (χ4v) is 4.35. The maximum absolute atomic E-state index is 12.8. The summed E-state index contributed by atoms with van der Waals surface area (Å²) in [6.07, 6.45) is 0. The molecule has 0 aliphatic carbocycles. The van der Waals surface area contributed by atoms with Crippen molar-refractivity contribution >= 4 is 23.2 Å². The lowest BCUT2D eigenvalue weighted by molar-refractivity contribution is 0.0303. The summed E-state index contributed by atoms with van der Waals surface area (Å²) < 4.78 is 7.35. The second kappa shape index (κ2) is 9.41. The summed E-state index contributed by atoms with van der Waals surface area (Å²) in [4.78, 5) is 32.3. The molecule has 2 aromatic carbocycles. The van der Waals surface area contributed by atoms with Gasteiger partial charge in [0.1, 0.15) is 0 Å². The van der Waals surface area contributed by atoms with E-state index < -0.39 is 0 Å². The largest absolute Gasteiger partial charge is 0.378 e. The molecule has 1 saturated heterocycles. The first-order valence-electron chi connectivity index (χ1n) is 10.3. The molecule has 0 unspecified atom stereocenters. The van der Waals surface area contributed by atoms with Crippen LogP contribution in [0.5, 0.6) is 0 Å². The Balaban J connectivity index is 1.58. The van der Waals surface area contributed by atoms with Crippen LogP contribution in [0.2, 0.25) is 0 Å². The van der Waals surface area contributed by atoms with Gasteiger partial charge in [-0.15, -0.1) is 11.3 Å². The zero-order valence-electron chi connectivity index (χ0n) is 17.7. The zero-order valence-corrected chi connectivity index (χ0v) is 18.5. The highest BCUT2D eigenvalue weighted by Gasteiger charge is 2.18. The molecule has 7 heteroatoms. The first-order valence-corrected chi connectivity index (χ1v) is 11.2. The molecule has 0 N–H and O–H groups in total. The standard InChI is InChI=1S/C24H25N3O3S/c1-17-6-8-20(9-7-17)22(28)25-24-27(18(2)16-31-24)15-19-4-3-5-21(14-19)23(29)26-10-12-30-13-11-26/h3-9,14,16H,10-13,15H2,1-2H3. The van der Waals surface area contributed by atoms with Gasteiger partial charge in [0.2, 0.25) is 0 Å². The van der Waals surface area contributed by atoms with Crippen LogP contribution in [-0.4, -0.2) is 47.6 Å². The molecule has 0 atom stereocenters. The highest BCUT2D eigenvalue weighted by atomic mass is 32.1. The van der Waals surface area contributed by atoms with E-state index in [1.165, 1.54) is 11.3 Å². The minimum Gasteiger partial charge on any atom is -0.378 e. The minimum atomic E-state index is -0.258. The van der Waals surface area contributed by atoms with Gasteiger partial charge in [-0.1, -0.05) is 29.8 Å². The van der Waals surface area contributed by atoms with Crippen molar-refractivity contribution in [2.75, 3.05) is 26.3 Å². The Bertz CT molecular complexity index is 1160. The Morgan fingerprint density at radius 2 is 1.77 bits per heavy atom. The van der Waals surface area contributed by atoms with Gasteiger partial charge in [0.15, 0.2) is 4.80 Å². The van der Waals surface area contributed by atoms with Crippen LogP contribution in [0.15, 0.2) is 58.9 Å². The Kier molecular flexibility index (Phi) is 6.44. The van der Waals surface area contributed by atoms with E-state index in [9.17, 15) is 9.59 Å². The van der Waals surface area contributed by atoms with Crippen molar-refractivity contribution in [3.63, 3.8) is 0 Å². The van der Waals surface area contributed by atoms with Crippen molar-refractivity contribution in [2.24, 2.45) is 4.99 Å². The summed E-state index contributed by atoms with van der Waals surface area (Å²) in [5.41, 5.74) is 4.35. The molecular weight excluding hydrogens is 410 g/mol. The molecular formula is C24H25N3O3S. The van der Waals surface area contributed by atoms with Gasteiger partial charge in [-0.3, -0.25) is 9.59 Å². The highest BCUT2D eigenvalue weighted by molar-refractivity contribution is 7.07. The first-order chi connectivity index (χ1) is 15.0. The van der Waals surface area contributed by atoms with Crippen LogP contribution in [0.1, 0.15) is 37.5 Å². The van der Waals surface area contributed by atoms with Crippen LogP contribution in [0.4, 0.5) is 0 Å². The number of aromatic nitrogens is 1. The average Bonchev–Trinajstić information content (AvgIpc) is 3.13. The quantitative estimate of drug-likeness (QED) is 0.631. The Hall–Kier alpha value is -3.03. The normalized spacial score (nSPS) is 14.6. The summed E-state index contributed by atoms with van der Waals surface area (Å²) in [5.74, 6) is -0.233. The molecule has 0 radical (unpaired) electrons. The van der Waals surface area contributed by atoms with E-state index in [1.807, 2.05) is 65.1 Å². The number of nitrogens with zero attached hydrogens (tertiary/aromatic N) is 3. The van der Waals surface area contributed by atoms with Gasteiger partial charge in [0.05, 0.1) is 19.8 Å². The van der Waals surface area contributed by atoms with Crippen LogP contribution >= 0.6 is 11.3 Å². The second-order valence-electron chi connectivity index (χ2n) is 7.63. The van der Waals surface area contributed by atoms with Gasteiger partial charge < -0.3 is 14.2 Å². The predicted octanol–water partition coefficient (Wildman–Crippen LogP) is 3.43. The third kappa shape index (κ3) is 5.00. The van der Waals surface area contributed by atoms with E-state index in [1.54, 1.807) is 12.1 Å². The van der Waals surface area contributed by atoms with Crippen LogP contribution in [0.3, 0.4) is 0 Å². The predicted molar refractivity (Wildman–Crippen MR) is 120 cm³/mol. The van der Waals surface area contributed by atoms with Crippen molar-refractivity contribution in [1.82, 2.24) is 9.47 Å². The number of hydrogen-bond donors (Lipinski definition) is 0. The summed E-state index contributed by atoms with van der Waals surface area (Å²) in [7, 11) is 0. The summed E-state index contributed by atoms with van der Waals surface area (Å²) >= 11 is 1.44. The minimum absolute atomic E-state index is 0.0247. The van der Waals surface area contributed by atoms with Crippen molar-refractivity contribution in [3.05, 3.63) is 86.7 Å². The monoisotopic (exact) mass is 435 g/mol. The van der Waals surface area contributed by atoms with Gasteiger partial charge in [0, 0.05) is 35.3 Å². The molecule has 6 nitrogen and oxygen atoms in total. The molecule has 4 rings (SSSR count). The van der Waals surface area contributed by atoms with E-state index in [-0.39, 0.29) is 11.8 Å².